The van der Waals surface area contributed by atoms with Gasteiger partial charge in [0.15, 0.2) is 21.3 Å². The Morgan fingerprint density at radius 2 is 1.79 bits per heavy atom. The van der Waals surface area contributed by atoms with E-state index >= 15 is 0 Å². The summed E-state index contributed by atoms with van der Waals surface area (Å²) >= 11 is 5.99. The molecule has 0 fully saturated rings. The Hall–Kier alpha value is -2.25. The third kappa shape index (κ3) is 5.22. The van der Waals surface area contributed by atoms with Crippen molar-refractivity contribution in [2.75, 3.05) is 19.0 Å². The standard InChI is InChI=1S/C21H24ClNO5S/c1-14(2)21(15-8-9-17-18(12-15)28-11-5-10-27-17)23-20(24)13-29(25,26)19-7-4-3-6-16(19)22/h3-4,6-9,12,14,21H,5,10-11,13H2,1-2H3,(H,23,24)/t21-/m1/s1. The first kappa shape index (κ1) is 21.5. The molecule has 1 aliphatic heterocycles. The summed E-state index contributed by atoms with van der Waals surface area (Å²) in [6.07, 6.45) is 0.800. The average Bonchev–Trinajstić information content (AvgIpc) is 2.90. The van der Waals surface area contributed by atoms with Gasteiger partial charge in [-0.05, 0) is 35.7 Å². The molecular weight excluding hydrogens is 414 g/mol. The molecule has 29 heavy (non-hydrogen) atoms. The SMILES string of the molecule is CC(C)[C@@H](NC(=O)CS(=O)(=O)c1ccccc1Cl)c1ccc2c(c1)OCCCO2. The number of carbonyl (C=O) groups excluding carboxylic acids is 1. The summed E-state index contributed by atoms with van der Waals surface area (Å²) in [5.41, 5.74) is 0.827. The Bertz CT molecular complexity index is 990. The third-order valence-corrected chi connectivity index (χ3v) is 6.72. The fourth-order valence-corrected chi connectivity index (χ4v) is 4.89. The normalized spacial score (nSPS) is 14.9. The van der Waals surface area contributed by atoms with Crippen LogP contribution in [0.2, 0.25) is 5.02 Å². The molecule has 2 aromatic carbocycles. The molecule has 0 bridgehead atoms. The Kier molecular flexibility index (Phi) is 6.70. The Balaban J connectivity index is 1.78. The quantitative estimate of drug-likeness (QED) is 0.743. The smallest absolute Gasteiger partial charge is 0.236 e. The maximum absolute atomic E-state index is 12.6. The summed E-state index contributed by atoms with van der Waals surface area (Å²) in [6.45, 7) is 5.06. The maximum Gasteiger partial charge on any atom is 0.236 e. The van der Waals surface area contributed by atoms with Crippen molar-refractivity contribution in [1.82, 2.24) is 5.32 Å². The molecule has 0 aromatic heterocycles. The average molecular weight is 438 g/mol. The van der Waals surface area contributed by atoms with Crippen LogP contribution in [0, 0.1) is 5.92 Å². The third-order valence-electron chi connectivity index (χ3n) is 4.61. The highest BCUT2D eigenvalue weighted by Crippen LogP contribution is 2.34. The van der Waals surface area contributed by atoms with Crippen LogP contribution >= 0.6 is 11.6 Å². The number of fused-ring (bicyclic) bond motifs is 1. The molecule has 0 saturated heterocycles. The highest BCUT2D eigenvalue weighted by Gasteiger charge is 2.26. The number of sulfone groups is 1. The largest absolute Gasteiger partial charge is 0.490 e. The summed E-state index contributed by atoms with van der Waals surface area (Å²) < 4.78 is 36.6. The number of amides is 1. The van der Waals surface area contributed by atoms with Crippen LogP contribution in [-0.4, -0.2) is 33.3 Å². The molecule has 1 aliphatic rings. The second kappa shape index (κ2) is 9.05. The van der Waals surface area contributed by atoms with Gasteiger partial charge in [-0.3, -0.25) is 4.79 Å². The number of ether oxygens (including phenoxy) is 2. The van der Waals surface area contributed by atoms with Crippen LogP contribution in [0.5, 0.6) is 11.5 Å². The molecule has 6 nitrogen and oxygen atoms in total. The summed E-state index contributed by atoms with van der Waals surface area (Å²) in [7, 11) is -3.85. The second-order valence-electron chi connectivity index (χ2n) is 7.24. The van der Waals surface area contributed by atoms with Crippen LogP contribution in [0.15, 0.2) is 47.4 Å². The lowest BCUT2D eigenvalue weighted by Gasteiger charge is -2.24. The van der Waals surface area contributed by atoms with Crippen LogP contribution in [0.1, 0.15) is 31.9 Å². The van der Waals surface area contributed by atoms with Gasteiger partial charge in [-0.25, -0.2) is 8.42 Å². The maximum atomic E-state index is 12.6. The molecule has 1 atom stereocenters. The molecule has 1 N–H and O–H groups in total. The Labute approximate surface area is 176 Å². The molecule has 1 heterocycles. The Morgan fingerprint density at radius 1 is 1.10 bits per heavy atom. The minimum atomic E-state index is -3.85. The van der Waals surface area contributed by atoms with Gasteiger partial charge in [0, 0.05) is 6.42 Å². The predicted molar refractivity (Wildman–Crippen MR) is 111 cm³/mol. The van der Waals surface area contributed by atoms with E-state index in [-0.39, 0.29) is 21.9 Å². The monoisotopic (exact) mass is 437 g/mol. The lowest BCUT2D eigenvalue weighted by Crippen LogP contribution is -2.36. The molecule has 2 aromatic rings. The van der Waals surface area contributed by atoms with E-state index in [2.05, 4.69) is 5.32 Å². The van der Waals surface area contributed by atoms with Crippen molar-refractivity contribution in [2.24, 2.45) is 5.92 Å². The van der Waals surface area contributed by atoms with Crippen molar-refractivity contribution >= 4 is 27.3 Å². The number of hydrogen-bond donors (Lipinski definition) is 1. The summed E-state index contributed by atoms with van der Waals surface area (Å²) in [5, 5.41) is 2.94. The fraction of sp³-hybridized carbons (Fsp3) is 0.381. The van der Waals surface area contributed by atoms with Crippen molar-refractivity contribution in [3.8, 4) is 11.5 Å². The van der Waals surface area contributed by atoms with E-state index < -0.39 is 21.5 Å². The molecule has 0 unspecified atom stereocenters. The van der Waals surface area contributed by atoms with Gasteiger partial charge in [0.05, 0.1) is 29.2 Å². The van der Waals surface area contributed by atoms with Gasteiger partial charge in [0.25, 0.3) is 0 Å². The van der Waals surface area contributed by atoms with E-state index in [0.29, 0.717) is 24.7 Å². The van der Waals surface area contributed by atoms with E-state index in [9.17, 15) is 13.2 Å². The van der Waals surface area contributed by atoms with Gasteiger partial charge in [-0.15, -0.1) is 0 Å². The molecule has 0 spiro atoms. The molecule has 0 radical (unpaired) electrons. The van der Waals surface area contributed by atoms with Crippen molar-refractivity contribution in [3.63, 3.8) is 0 Å². The molecule has 3 rings (SSSR count). The van der Waals surface area contributed by atoms with E-state index in [1.165, 1.54) is 12.1 Å². The van der Waals surface area contributed by atoms with Crippen LogP contribution in [0.25, 0.3) is 0 Å². The predicted octanol–water partition coefficient (Wildman–Crippen LogP) is 3.79. The van der Waals surface area contributed by atoms with Gasteiger partial charge in [0.1, 0.15) is 5.75 Å². The van der Waals surface area contributed by atoms with E-state index in [1.807, 2.05) is 32.0 Å². The highest BCUT2D eigenvalue weighted by molar-refractivity contribution is 7.92. The molecule has 8 heteroatoms. The van der Waals surface area contributed by atoms with Crippen molar-refractivity contribution in [2.45, 2.75) is 31.2 Å². The van der Waals surface area contributed by atoms with Crippen molar-refractivity contribution in [3.05, 3.63) is 53.1 Å². The van der Waals surface area contributed by atoms with Crippen LogP contribution in [0.3, 0.4) is 0 Å². The summed E-state index contributed by atoms with van der Waals surface area (Å²) in [6, 6.07) is 11.2. The Morgan fingerprint density at radius 3 is 2.48 bits per heavy atom. The second-order valence-corrected chi connectivity index (χ2v) is 9.60. The van der Waals surface area contributed by atoms with E-state index in [0.717, 1.165) is 12.0 Å². The zero-order valence-electron chi connectivity index (χ0n) is 16.4. The molecule has 1 amide bonds. The minimum Gasteiger partial charge on any atom is -0.490 e. The van der Waals surface area contributed by atoms with Gasteiger partial charge < -0.3 is 14.8 Å². The number of nitrogens with one attached hydrogen (secondary N) is 1. The van der Waals surface area contributed by atoms with Gasteiger partial charge in [-0.2, -0.15) is 0 Å². The van der Waals surface area contributed by atoms with Crippen LogP contribution in [0.4, 0.5) is 0 Å². The number of hydrogen-bond acceptors (Lipinski definition) is 5. The number of rotatable bonds is 6. The first-order valence-corrected chi connectivity index (χ1v) is 11.5. The zero-order chi connectivity index (χ0) is 21.0. The molecular formula is C21H24ClNO5S. The van der Waals surface area contributed by atoms with Crippen molar-refractivity contribution < 1.29 is 22.7 Å². The first-order chi connectivity index (χ1) is 13.8. The topological polar surface area (TPSA) is 81.7 Å². The first-order valence-electron chi connectivity index (χ1n) is 9.44. The number of benzene rings is 2. The minimum absolute atomic E-state index is 0.0340. The lowest BCUT2D eigenvalue weighted by atomic mass is 9.95. The lowest BCUT2D eigenvalue weighted by molar-refractivity contribution is -0.119. The fourth-order valence-electron chi connectivity index (χ4n) is 3.17. The molecule has 0 aliphatic carbocycles. The van der Waals surface area contributed by atoms with Gasteiger partial charge in [-0.1, -0.05) is 43.6 Å². The van der Waals surface area contributed by atoms with Crippen molar-refractivity contribution in [1.29, 1.82) is 0 Å². The highest BCUT2D eigenvalue weighted by atomic mass is 35.5. The van der Waals surface area contributed by atoms with Crippen LogP contribution in [-0.2, 0) is 14.6 Å². The zero-order valence-corrected chi connectivity index (χ0v) is 17.9. The summed E-state index contributed by atoms with van der Waals surface area (Å²) in [4.78, 5) is 12.5. The van der Waals surface area contributed by atoms with Gasteiger partial charge in [0.2, 0.25) is 5.91 Å². The van der Waals surface area contributed by atoms with E-state index in [1.54, 1.807) is 12.1 Å². The number of carbonyl (C=O) groups is 1. The summed E-state index contributed by atoms with van der Waals surface area (Å²) in [5.74, 6) is 0.0669. The molecule has 156 valence electrons. The number of halogens is 1. The van der Waals surface area contributed by atoms with Crippen LogP contribution < -0.4 is 14.8 Å². The van der Waals surface area contributed by atoms with E-state index in [4.69, 9.17) is 21.1 Å². The molecule has 0 saturated carbocycles. The van der Waals surface area contributed by atoms with Gasteiger partial charge >= 0.3 is 0 Å².